The van der Waals surface area contributed by atoms with Gasteiger partial charge in [0.25, 0.3) is 0 Å². The zero-order valence-corrected chi connectivity index (χ0v) is 34.4. The van der Waals surface area contributed by atoms with Gasteiger partial charge in [0.05, 0.1) is 31.7 Å². The predicted molar refractivity (Wildman–Crippen MR) is 216 cm³/mol. The van der Waals surface area contributed by atoms with Gasteiger partial charge in [-0.2, -0.15) is 10.4 Å². The molecule has 16 nitrogen and oxygen atoms in total. The monoisotopic (exact) mass is 815 g/mol. The molecule has 6 atom stereocenters. The van der Waals surface area contributed by atoms with Gasteiger partial charge in [-0.1, -0.05) is 103 Å². The van der Waals surface area contributed by atoms with Crippen LogP contribution in [0.15, 0.2) is 41.8 Å². The fourth-order valence-corrected chi connectivity index (χ4v) is 7.74. The number of nitrogens with zero attached hydrogens (tertiary/aromatic N) is 6. The van der Waals surface area contributed by atoms with Crippen molar-refractivity contribution in [1.29, 1.82) is 5.26 Å². The summed E-state index contributed by atoms with van der Waals surface area (Å²) < 4.78 is 43.0. The number of aromatic nitrogens is 4. The van der Waals surface area contributed by atoms with Gasteiger partial charge in [0.15, 0.2) is 11.4 Å². The van der Waals surface area contributed by atoms with Crippen LogP contribution in [0.1, 0.15) is 121 Å². The lowest BCUT2D eigenvalue weighted by atomic mass is 9.92. The van der Waals surface area contributed by atoms with E-state index in [0.29, 0.717) is 23.6 Å². The fraction of sp³-hybridized carbons (Fsp3) is 0.675. The lowest BCUT2D eigenvalue weighted by Gasteiger charge is -2.27. The van der Waals surface area contributed by atoms with Crippen molar-refractivity contribution in [2.24, 2.45) is 4.99 Å². The molecule has 0 bridgehead atoms. The summed E-state index contributed by atoms with van der Waals surface area (Å²) in [4.78, 5) is 22.7. The summed E-state index contributed by atoms with van der Waals surface area (Å²) in [6.07, 6.45) is 19.1. The van der Waals surface area contributed by atoms with Gasteiger partial charge >= 0.3 is 7.82 Å². The van der Waals surface area contributed by atoms with Crippen molar-refractivity contribution in [2.75, 3.05) is 39.2 Å². The van der Waals surface area contributed by atoms with Crippen LogP contribution in [-0.4, -0.2) is 98.8 Å². The molecule has 4 rings (SSSR count). The Bertz CT molecular complexity index is 1720. The molecule has 1 saturated heterocycles. The van der Waals surface area contributed by atoms with Gasteiger partial charge in [-0.25, -0.2) is 19.0 Å². The Labute approximate surface area is 336 Å². The molecule has 1 aliphatic heterocycles. The third kappa shape index (κ3) is 14.4. The standard InChI is InChI=1S/C40H62N7O9P/c1-3-4-5-6-7-8-9-10-11-12-13-14-15-16-17-18-23-52-26-33(55-32-20-19-31(24-41)44-25-32)27-53-57(50,51)54-28-35-37(48)38(49)40(56-35,29-43-2)36-22-21-34-39(42)45-30-46-47(34)36/h19-22,25,29-30,33,35,37-38,48-49H,3-18,23,26-28H2,1-2H3,(H,50,51)(H2,42,45,46)/b43-29+/t33-,35-,37-,38-,40+/m1/s1. The van der Waals surface area contributed by atoms with E-state index in [4.69, 9.17) is 34.3 Å². The van der Waals surface area contributed by atoms with E-state index in [1.807, 2.05) is 6.07 Å². The summed E-state index contributed by atoms with van der Waals surface area (Å²) in [6, 6.07) is 8.24. The van der Waals surface area contributed by atoms with Crippen LogP contribution >= 0.6 is 7.82 Å². The maximum Gasteiger partial charge on any atom is 0.472 e. The number of ether oxygens (including phenoxy) is 3. The number of aliphatic hydroxyl groups is 2. The number of fused-ring (bicyclic) bond motifs is 1. The molecule has 0 radical (unpaired) electrons. The van der Waals surface area contributed by atoms with Gasteiger partial charge in [-0.05, 0) is 30.7 Å². The fourth-order valence-electron chi connectivity index (χ4n) is 6.98. The van der Waals surface area contributed by atoms with Gasteiger partial charge in [-0.3, -0.25) is 14.0 Å². The third-order valence-electron chi connectivity index (χ3n) is 10.1. The second kappa shape index (κ2) is 24.4. The summed E-state index contributed by atoms with van der Waals surface area (Å²) >= 11 is 0. The number of unbranched alkanes of at least 4 members (excludes halogenated alkanes) is 15. The highest BCUT2D eigenvalue weighted by atomic mass is 31.2. The van der Waals surface area contributed by atoms with Gasteiger partial charge in [-0.15, -0.1) is 0 Å². The number of nitriles is 1. The maximum absolute atomic E-state index is 13.1. The molecule has 5 N–H and O–H groups in total. The molecule has 57 heavy (non-hydrogen) atoms. The van der Waals surface area contributed by atoms with Gasteiger partial charge in [0.1, 0.15) is 53.8 Å². The number of rotatable bonds is 29. The van der Waals surface area contributed by atoms with Gasteiger partial charge in [0, 0.05) is 19.9 Å². The summed E-state index contributed by atoms with van der Waals surface area (Å²) in [5, 5.41) is 35.5. The molecule has 0 amide bonds. The highest BCUT2D eigenvalue weighted by molar-refractivity contribution is 7.47. The maximum atomic E-state index is 13.1. The molecule has 0 aliphatic carbocycles. The van der Waals surface area contributed by atoms with Crippen LogP contribution in [0.3, 0.4) is 0 Å². The van der Waals surface area contributed by atoms with E-state index >= 15 is 0 Å². The third-order valence-corrected chi connectivity index (χ3v) is 11.1. The van der Waals surface area contributed by atoms with Gasteiger partial charge in [0.2, 0.25) is 0 Å². The molecule has 1 fully saturated rings. The van der Waals surface area contributed by atoms with Crippen molar-refractivity contribution in [2.45, 2.75) is 140 Å². The van der Waals surface area contributed by atoms with Crippen LogP contribution in [0.4, 0.5) is 5.82 Å². The van der Waals surface area contributed by atoms with Crippen LogP contribution in [0.25, 0.3) is 5.52 Å². The summed E-state index contributed by atoms with van der Waals surface area (Å²) in [7, 11) is -3.27. The van der Waals surface area contributed by atoms with Crippen molar-refractivity contribution in [1.82, 2.24) is 19.6 Å². The van der Waals surface area contributed by atoms with Crippen LogP contribution in [0.2, 0.25) is 0 Å². The first kappa shape index (κ1) is 46.2. The average molecular weight is 816 g/mol. The second-order valence-electron chi connectivity index (χ2n) is 14.6. The van der Waals surface area contributed by atoms with Crippen LogP contribution in [0.5, 0.6) is 5.75 Å². The number of hydrogen-bond donors (Lipinski definition) is 4. The normalized spacial score (nSPS) is 21.2. The number of aliphatic imine (C=N–C) groups is 1. The average Bonchev–Trinajstić information content (AvgIpc) is 3.75. The number of anilines is 1. The van der Waals surface area contributed by atoms with Crippen molar-refractivity contribution < 1.29 is 42.9 Å². The van der Waals surface area contributed by atoms with Crippen molar-refractivity contribution >= 4 is 25.4 Å². The first-order valence-electron chi connectivity index (χ1n) is 20.4. The zero-order chi connectivity index (χ0) is 40.9. The number of hydrogen-bond acceptors (Lipinski definition) is 14. The van der Waals surface area contributed by atoms with E-state index in [0.717, 1.165) is 19.3 Å². The molecule has 3 aromatic rings. The Morgan fingerprint density at radius 3 is 2.21 bits per heavy atom. The molecule has 1 unspecified atom stereocenters. The van der Waals surface area contributed by atoms with Crippen LogP contribution < -0.4 is 10.5 Å². The number of aliphatic hydroxyl groups excluding tert-OH is 2. The second-order valence-corrected chi connectivity index (χ2v) is 16.1. The first-order valence-corrected chi connectivity index (χ1v) is 21.9. The predicted octanol–water partition coefficient (Wildman–Crippen LogP) is 6.45. The Kier molecular flexibility index (Phi) is 19.8. The number of phosphoric ester groups is 1. The molecule has 4 heterocycles. The molecule has 1 aliphatic rings. The minimum Gasteiger partial charge on any atom is -0.484 e. The minimum absolute atomic E-state index is 0.0492. The van der Waals surface area contributed by atoms with E-state index in [1.165, 1.54) is 120 Å². The molecular formula is C40H62N7O9P. The van der Waals surface area contributed by atoms with Crippen LogP contribution in [0, 0.1) is 11.3 Å². The SMILES string of the molecule is CCCCCCCCCCCCCCCCCCOC[C@H](COP(=O)(O)OC[C@H]1O[C@@](/C=N/C)(c2ccc3c(N)ncnn23)[C@H](O)[C@@H]1O)Oc1ccc(C#N)nc1. The van der Waals surface area contributed by atoms with Crippen LogP contribution in [-0.2, 0) is 28.7 Å². The highest BCUT2D eigenvalue weighted by Gasteiger charge is 2.56. The topological polar surface area (TPSA) is 229 Å². The van der Waals surface area contributed by atoms with E-state index in [-0.39, 0.29) is 18.1 Å². The lowest BCUT2D eigenvalue weighted by molar-refractivity contribution is -0.0551. The smallest absolute Gasteiger partial charge is 0.472 e. The van der Waals surface area contributed by atoms with Crippen molar-refractivity contribution in [3.8, 4) is 11.8 Å². The molecule has 0 saturated carbocycles. The number of pyridine rings is 1. The highest BCUT2D eigenvalue weighted by Crippen LogP contribution is 2.46. The molecule has 316 valence electrons. The Balaban J connectivity index is 1.20. The van der Waals surface area contributed by atoms with Crippen molar-refractivity contribution in [3.63, 3.8) is 0 Å². The number of nitrogen functional groups attached to an aromatic ring is 1. The first-order chi connectivity index (χ1) is 27.6. The number of nitrogens with two attached hydrogens (primary N) is 1. The largest absolute Gasteiger partial charge is 0.484 e. The Morgan fingerprint density at radius 2 is 1.61 bits per heavy atom. The van der Waals surface area contributed by atoms with Crippen molar-refractivity contribution in [3.05, 3.63) is 48.2 Å². The quantitative estimate of drug-likeness (QED) is 0.0335. The molecule has 17 heteroatoms. The Morgan fingerprint density at radius 1 is 0.965 bits per heavy atom. The molecule has 0 aromatic carbocycles. The summed E-state index contributed by atoms with van der Waals surface area (Å²) in [5.41, 5.74) is 5.23. The number of phosphoric acid groups is 1. The van der Waals surface area contributed by atoms with E-state index < -0.39 is 51.1 Å². The molecule has 3 aromatic heterocycles. The summed E-state index contributed by atoms with van der Waals surface area (Å²) in [5.74, 6) is 0.507. The summed E-state index contributed by atoms with van der Waals surface area (Å²) in [6.45, 7) is 1.77. The minimum atomic E-state index is -4.75. The molecular weight excluding hydrogens is 753 g/mol. The van der Waals surface area contributed by atoms with E-state index in [2.05, 4.69) is 27.0 Å². The lowest BCUT2D eigenvalue weighted by Crippen LogP contribution is -2.43. The Hall–Kier alpha value is -3.52. The molecule has 0 spiro atoms. The van der Waals surface area contributed by atoms with E-state index in [1.54, 1.807) is 18.2 Å². The zero-order valence-electron chi connectivity index (χ0n) is 33.5. The van der Waals surface area contributed by atoms with Gasteiger partial charge < -0.3 is 35.1 Å². The van der Waals surface area contributed by atoms with E-state index in [9.17, 15) is 19.7 Å².